The molecule has 0 aliphatic rings. The number of rotatable bonds is 4. The van der Waals surface area contributed by atoms with Crippen molar-refractivity contribution in [3.05, 3.63) is 69.8 Å². The summed E-state index contributed by atoms with van der Waals surface area (Å²) < 4.78 is 1.94. The Morgan fingerprint density at radius 3 is 2.56 bits per heavy atom. The molecule has 2 heterocycles. The van der Waals surface area contributed by atoms with Gasteiger partial charge in [0.2, 0.25) is 0 Å². The third-order valence-electron chi connectivity index (χ3n) is 4.43. The van der Waals surface area contributed by atoms with Crippen LogP contribution in [0.25, 0.3) is 22.3 Å². The summed E-state index contributed by atoms with van der Waals surface area (Å²) in [5.74, 6) is 1.34. The fourth-order valence-electron chi connectivity index (χ4n) is 2.96. The normalized spacial score (nSPS) is 11.3. The highest BCUT2D eigenvalue weighted by atomic mass is 35.5. The Morgan fingerprint density at radius 1 is 1.00 bits per heavy atom. The zero-order chi connectivity index (χ0) is 19.0. The molecular weight excluding hydrogens is 399 g/mol. The topological polar surface area (TPSA) is 43.6 Å². The lowest BCUT2D eigenvalue weighted by Gasteiger charge is -2.10. The number of nitrogens with zero attached hydrogens (tertiary/aromatic N) is 4. The van der Waals surface area contributed by atoms with Crippen LogP contribution in [0.15, 0.2) is 53.7 Å². The summed E-state index contributed by atoms with van der Waals surface area (Å²) in [6, 6.07) is 15.6. The van der Waals surface area contributed by atoms with E-state index in [4.69, 9.17) is 28.2 Å². The summed E-state index contributed by atoms with van der Waals surface area (Å²) in [7, 11) is 1.93. The van der Waals surface area contributed by atoms with E-state index in [0.717, 1.165) is 38.7 Å². The molecule has 0 saturated carbocycles. The van der Waals surface area contributed by atoms with Crippen molar-refractivity contribution in [2.75, 3.05) is 0 Å². The van der Waals surface area contributed by atoms with E-state index in [2.05, 4.69) is 10.2 Å². The van der Waals surface area contributed by atoms with Gasteiger partial charge < -0.3 is 4.57 Å². The predicted octanol–water partition coefficient (Wildman–Crippen LogP) is 5.94. The van der Waals surface area contributed by atoms with Crippen molar-refractivity contribution in [2.45, 2.75) is 17.8 Å². The first kappa shape index (κ1) is 18.3. The second-order valence-electron chi connectivity index (χ2n) is 6.15. The minimum absolute atomic E-state index is 0.610. The van der Waals surface area contributed by atoms with Crippen molar-refractivity contribution in [2.24, 2.45) is 7.05 Å². The van der Waals surface area contributed by atoms with Gasteiger partial charge in [-0.2, -0.15) is 0 Å². The fraction of sp³-hybridized carbons (Fsp3) is 0.150. The van der Waals surface area contributed by atoms with Crippen LogP contribution >= 0.6 is 35.0 Å². The average Bonchev–Trinajstić information content (AvgIpc) is 3.04. The molecule has 0 saturated heterocycles. The molecule has 2 aromatic carbocycles. The summed E-state index contributed by atoms with van der Waals surface area (Å²) in [6.45, 7) is 2.03. The standard InChI is InChI=1S/C20H16Cl2N4S/c1-12-13-7-4-6-10-16(13)23-17(18(12)22)11-27-20-25-24-19(26(20)2)14-8-3-5-9-15(14)21/h3-10H,11H2,1-2H3. The maximum Gasteiger partial charge on any atom is 0.191 e. The van der Waals surface area contributed by atoms with Crippen LogP contribution < -0.4 is 0 Å². The molecule has 136 valence electrons. The third kappa shape index (κ3) is 3.43. The molecule has 0 bridgehead atoms. The van der Waals surface area contributed by atoms with Crippen LogP contribution in [0.4, 0.5) is 0 Å². The van der Waals surface area contributed by atoms with Gasteiger partial charge in [0.25, 0.3) is 0 Å². The number of benzene rings is 2. The molecule has 2 aromatic heterocycles. The van der Waals surface area contributed by atoms with Gasteiger partial charge in [-0.1, -0.05) is 65.3 Å². The minimum atomic E-state index is 0.610. The van der Waals surface area contributed by atoms with Crippen LogP contribution in [0, 0.1) is 6.92 Å². The number of thioether (sulfide) groups is 1. The largest absolute Gasteiger partial charge is 0.305 e. The van der Waals surface area contributed by atoms with Gasteiger partial charge >= 0.3 is 0 Å². The molecule has 0 unspecified atom stereocenters. The molecule has 0 aliphatic heterocycles. The van der Waals surface area contributed by atoms with Crippen LogP contribution in [-0.4, -0.2) is 19.7 Å². The Hall–Kier alpha value is -2.08. The molecular formula is C20H16Cl2N4S. The SMILES string of the molecule is Cc1c(Cl)c(CSc2nnc(-c3ccccc3Cl)n2C)nc2ccccc12. The van der Waals surface area contributed by atoms with E-state index >= 15 is 0 Å². The number of para-hydroxylation sites is 1. The second-order valence-corrected chi connectivity index (χ2v) is 7.88. The van der Waals surface area contributed by atoms with Crippen molar-refractivity contribution >= 4 is 45.9 Å². The first-order valence-electron chi connectivity index (χ1n) is 8.37. The van der Waals surface area contributed by atoms with Gasteiger partial charge in [0.15, 0.2) is 11.0 Å². The maximum atomic E-state index is 6.56. The van der Waals surface area contributed by atoms with Gasteiger partial charge in [0.1, 0.15) is 0 Å². The third-order valence-corrected chi connectivity index (χ3v) is 6.30. The summed E-state index contributed by atoms with van der Waals surface area (Å²) >= 11 is 14.4. The number of halogens is 2. The van der Waals surface area contributed by atoms with Gasteiger partial charge in [-0.05, 0) is 30.7 Å². The number of hydrogen-bond acceptors (Lipinski definition) is 4. The van der Waals surface area contributed by atoms with Crippen molar-refractivity contribution in [3.8, 4) is 11.4 Å². The highest BCUT2D eigenvalue weighted by molar-refractivity contribution is 7.98. The smallest absolute Gasteiger partial charge is 0.191 e. The summed E-state index contributed by atoms with van der Waals surface area (Å²) in [5.41, 5.74) is 3.70. The first-order valence-corrected chi connectivity index (χ1v) is 10.1. The zero-order valence-electron chi connectivity index (χ0n) is 14.8. The van der Waals surface area contributed by atoms with Crippen LogP contribution in [0.5, 0.6) is 0 Å². The minimum Gasteiger partial charge on any atom is -0.305 e. The lowest BCUT2D eigenvalue weighted by molar-refractivity contribution is 0.793. The molecule has 4 aromatic rings. The highest BCUT2D eigenvalue weighted by Gasteiger charge is 2.16. The summed E-state index contributed by atoms with van der Waals surface area (Å²) in [4.78, 5) is 4.73. The number of aryl methyl sites for hydroxylation is 1. The molecule has 0 atom stereocenters. The maximum absolute atomic E-state index is 6.56. The van der Waals surface area contributed by atoms with Crippen LogP contribution in [0.2, 0.25) is 10.0 Å². The quantitative estimate of drug-likeness (QED) is 0.387. The van der Waals surface area contributed by atoms with E-state index in [1.807, 2.05) is 67.1 Å². The summed E-state index contributed by atoms with van der Waals surface area (Å²) in [5, 5.41) is 11.8. The Kier molecular flexibility index (Phi) is 5.08. The monoisotopic (exact) mass is 414 g/mol. The lowest BCUT2D eigenvalue weighted by Crippen LogP contribution is -1.97. The molecule has 0 spiro atoms. The first-order chi connectivity index (χ1) is 13.1. The molecule has 27 heavy (non-hydrogen) atoms. The van der Waals surface area contributed by atoms with Crippen molar-refractivity contribution in [1.29, 1.82) is 0 Å². The number of hydrogen-bond donors (Lipinski definition) is 0. The highest BCUT2D eigenvalue weighted by Crippen LogP contribution is 2.32. The van der Waals surface area contributed by atoms with E-state index in [0.29, 0.717) is 15.8 Å². The van der Waals surface area contributed by atoms with Crippen molar-refractivity contribution < 1.29 is 0 Å². The van der Waals surface area contributed by atoms with Gasteiger partial charge in [-0.15, -0.1) is 10.2 Å². The number of aromatic nitrogens is 4. The van der Waals surface area contributed by atoms with Crippen LogP contribution in [0.1, 0.15) is 11.3 Å². The van der Waals surface area contributed by atoms with E-state index in [1.165, 1.54) is 0 Å². The van der Waals surface area contributed by atoms with E-state index in [-0.39, 0.29) is 0 Å². The van der Waals surface area contributed by atoms with Crippen LogP contribution in [-0.2, 0) is 12.8 Å². The van der Waals surface area contributed by atoms with Gasteiger partial charge in [-0.3, -0.25) is 4.98 Å². The molecule has 0 radical (unpaired) electrons. The Bertz CT molecular complexity index is 1140. The fourth-order valence-corrected chi connectivity index (χ4v) is 4.33. The van der Waals surface area contributed by atoms with Gasteiger partial charge in [0.05, 0.1) is 21.3 Å². The molecule has 0 fully saturated rings. The average molecular weight is 415 g/mol. The number of fused-ring (bicyclic) bond motifs is 1. The lowest BCUT2D eigenvalue weighted by atomic mass is 10.1. The summed E-state index contributed by atoms with van der Waals surface area (Å²) in [6.07, 6.45) is 0. The van der Waals surface area contributed by atoms with Crippen molar-refractivity contribution in [3.63, 3.8) is 0 Å². The van der Waals surface area contributed by atoms with E-state index in [1.54, 1.807) is 11.8 Å². The van der Waals surface area contributed by atoms with E-state index in [9.17, 15) is 0 Å². The zero-order valence-corrected chi connectivity index (χ0v) is 17.1. The Balaban J connectivity index is 1.63. The van der Waals surface area contributed by atoms with Crippen LogP contribution in [0.3, 0.4) is 0 Å². The predicted molar refractivity (Wildman–Crippen MR) is 113 cm³/mol. The Morgan fingerprint density at radius 2 is 1.74 bits per heavy atom. The number of pyridine rings is 1. The molecule has 4 rings (SSSR count). The van der Waals surface area contributed by atoms with Gasteiger partial charge in [0, 0.05) is 23.8 Å². The molecule has 7 heteroatoms. The molecule has 4 nitrogen and oxygen atoms in total. The Labute approximate surface area is 171 Å². The second kappa shape index (κ2) is 7.50. The molecule has 0 N–H and O–H groups in total. The molecule has 0 amide bonds. The van der Waals surface area contributed by atoms with Gasteiger partial charge in [-0.25, -0.2) is 0 Å². The van der Waals surface area contributed by atoms with E-state index < -0.39 is 0 Å². The van der Waals surface area contributed by atoms with Crippen molar-refractivity contribution in [1.82, 2.24) is 19.7 Å². The molecule has 0 aliphatic carbocycles.